The number of carbonyl (C=O) groups is 2. The number of nitrogen functional groups attached to an aromatic ring is 2. The summed E-state index contributed by atoms with van der Waals surface area (Å²) in [6.07, 6.45) is 1.96. The van der Waals surface area contributed by atoms with Gasteiger partial charge < -0.3 is 30.1 Å². The summed E-state index contributed by atoms with van der Waals surface area (Å²) >= 11 is 3.30. The van der Waals surface area contributed by atoms with E-state index < -0.39 is 11.2 Å². The van der Waals surface area contributed by atoms with E-state index in [1.165, 1.54) is 6.33 Å². The number of nitriles is 2. The van der Waals surface area contributed by atoms with Gasteiger partial charge in [-0.05, 0) is 79.7 Å². The number of imidazole rings is 2. The average molecular weight is 742 g/mol. The second-order valence-electron chi connectivity index (χ2n) is 12.7. The van der Waals surface area contributed by atoms with Crippen molar-refractivity contribution in [3.8, 4) is 12.1 Å². The first kappa shape index (κ1) is 39.4. The van der Waals surface area contributed by atoms with E-state index in [4.69, 9.17) is 31.5 Å². The third kappa shape index (κ3) is 12.1. The van der Waals surface area contributed by atoms with Gasteiger partial charge in [-0.2, -0.15) is 24.0 Å². The van der Waals surface area contributed by atoms with Crippen LogP contribution in [-0.2, 0) is 45.0 Å². The Balaban J connectivity index is 0.000000471. The third-order valence-corrected chi connectivity index (χ3v) is 6.87. The van der Waals surface area contributed by atoms with Gasteiger partial charge in [0.2, 0.25) is 0 Å². The molecule has 48 heavy (non-hydrogen) atoms. The molecular weight excluding hydrogens is 696 g/mol. The quantitative estimate of drug-likeness (QED) is 0.213. The molecule has 0 bridgehead atoms. The van der Waals surface area contributed by atoms with Crippen LogP contribution in [0.25, 0.3) is 0 Å². The van der Waals surface area contributed by atoms with Gasteiger partial charge in [0.05, 0.1) is 32.3 Å². The molecule has 0 saturated carbocycles. The van der Waals surface area contributed by atoms with E-state index in [0.29, 0.717) is 29.5 Å². The van der Waals surface area contributed by atoms with Gasteiger partial charge in [0.1, 0.15) is 35.0 Å². The van der Waals surface area contributed by atoms with Crippen molar-refractivity contribution in [3.05, 3.63) is 93.2 Å². The van der Waals surface area contributed by atoms with E-state index >= 15 is 0 Å². The molecule has 0 saturated heterocycles. The Morgan fingerprint density at radius 2 is 1.27 bits per heavy atom. The Labute approximate surface area is 297 Å². The fraction of sp³-hybridized carbons (Fsp3) is 0.353. The zero-order valence-electron chi connectivity index (χ0n) is 27.9. The van der Waals surface area contributed by atoms with Gasteiger partial charge in [-0.3, -0.25) is 9.59 Å². The summed E-state index contributed by atoms with van der Waals surface area (Å²) in [5.74, 6) is 0.116. The SMILES string of the molecule is CC(C)(C)OC(=O)Cc1cccc(Cn2c(Br)nc(C#N)c2N)c1.CC(C)(C)OC(=O)Cc1cccc(Cn2cnc(C#N)c2N)c1.S.[3HH]. The predicted molar refractivity (Wildman–Crippen MR) is 193 cm³/mol. The fourth-order valence-electron chi connectivity index (χ4n) is 4.42. The zero-order valence-corrected chi connectivity index (χ0v) is 30.5. The van der Waals surface area contributed by atoms with Crippen molar-refractivity contribution in [1.82, 2.24) is 19.1 Å². The lowest BCUT2D eigenvalue weighted by atomic mass is 10.1. The van der Waals surface area contributed by atoms with Gasteiger partial charge in [0.15, 0.2) is 16.1 Å². The van der Waals surface area contributed by atoms with Crippen molar-refractivity contribution in [1.29, 1.82) is 10.5 Å². The minimum Gasteiger partial charge on any atom is -0.460 e. The van der Waals surface area contributed by atoms with Gasteiger partial charge >= 0.3 is 11.9 Å². The molecule has 0 unspecified atom stereocenters. The number of aromatic nitrogens is 4. The first-order chi connectivity index (χ1) is 22.0. The molecule has 2 aromatic heterocycles. The van der Waals surface area contributed by atoms with E-state index in [1.54, 1.807) is 9.13 Å². The van der Waals surface area contributed by atoms with Crippen molar-refractivity contribution in [2.45, 2.75) is 78.7 Å². The Morgan fingerprint density at radius 3 is 1.69 bits per heavy atom. The number of carbonyl (C=O) groups excluding carboxylic acids is 2. The van der Waals surface area contributed by atoms with Crippen molar-refractivity contribution < 1.29 is 20.5 Å². The summed E-state index contributed by atoms with van der Waals surface area (Å²) in [5, 5.41) is 17.9. The summed E-state index contributed by atoms with van der Waals surface area (Å²) in [4.78, 5) is 31.8. The molecule has 0 atom stereocenters. The highest BCUT2D eigenvalue weighted by Crippen LogP contribution is 2.21. The van der Waals surface area contributed by atoms with Gasteiger partial charge in [0.25, 0.3) is 0 Å². The van der Waals surface area contributed by atoms with Gasteiger partial charge in [-0.1, -0.05) is 48.5 Å². The highest BCUT2D eigenvalue weighted by Gasteiger charge is 2.18. The maximum Gasteiger partial charge on any atom is 0.310 e. The molecule has 2 heterocycles. The predicted octanol–water partition coefficient (Wildman–Crippen LogP) is 5.66. The molecular formula is C34H43BrN8O4S. The fourth-order valence-corrected chi connectivity index (χ4v) is 4.91. The van der Waals surface area contributed by atoms with Crippen LogP contribution in [0.3, 0.4) is 0 Å². The van der Waals surface area contributed by atoms with Crippen molar-refractivity contribution in [2.24, 2.45) is 0 Å². The summed E-state index contributed by atoms with van der Waals surface area (Å²) in [6, 6.07) is 19.1. The maximum absolute atomic E-state index is 11.9. The number of ether oxygens (including phenoxy) is 2. The van der Waals surface area contributed by atoms with Crippen molar-refractivity contribution >= 4 is 53.0 Å². The molecule has 0 aliphatic rings. The number of esters is 2. The van der Waals surface area contributed by atoms with Crippen molar-refractivity contribution in [2.75, 3.05) is 11.5 Å². The van der Waals surface area contributed by atoms with Crippen LogP contribution < -0.4 is 11.5 Å². The normalized spacial score (nSPS) is 10.9. The molecule has 2 aromatic carbocycles. The van der Waals surface area contributed by atoms with Crippen LogP contribution in [0.4, 0.5) is 11.6 Å². The Kier molecular flexibility index (Phi) is 13.8. The van der Waals surface area contributed by atoms with Crippen LogP contribution in [0.15, 0.2) is 59.6 Å². The average Bonchev–Trinajstić information content (AvgIpc) is 3.44. The lowest BCUT2D eigenvalue weighted by Gasteiger charge is -2.19. The van der Waals surface area contributed by atoms with E-state index in [2.05, 4.69) is 25.9 Å². The molecule has 0 fully saturated rings. The van der Waals surface area contributed by atoms with Crippen LogP contribution in [0.1, 0.15) is 76.6 Å². The summed E-state index contributed by atoms with van der Waals surface area (Å²) < 4.78 is 14.6. The molecule has 4 N–H and O–H groups in total. The molecule has 0 spiro atoms. The minimum absolute atomic E-state index is 0. The Bertz CT molecular complexity index is 1830. The van der Waals surface area contributed by atoms with Crippen LogP contribution in [0, 0.1) is 22.7 Å². The van der Waals surface area contributed by atoms with E-state index in [0.717, 1.165) is 22.3 Å². The van der Waals surface area contributed by atoms with Gasteiger partial charge in [-0.25, -0.2) is 9.97 Å². The molecule has 12 nitrogen and oxygen atoms in total. The third-order valence-electron chi connectivity index (χ3n) is 6.26. The number of hydrogen-bond acceptors (Lipinski definition) is 10. The van der Waals surface area contributed by atoms with Gasteiger partial charge in [-0.15, -0.1) is 0 Å². The summed E-state index contributed by atoms with van der Waals surface area (Å²) in [6.45, 7) is 12.0. The van der Waals surface area contributed by atoms with Crippen LogP contribution in [-0.4, -0.2) is 42.2 Å². The maximum atomic E-state index is 11.9. The number of hydrogen-bond donors (Lipinski definition) is 2. The molecule has 0 aliphatic carbocycles. The number of halogens is 1. The topological polar surface area (TPSA) is 188 Å². The second kappa shape index (κ2) is 16.9. The highest BCUT2D eigenvalue weighted by molar-refractivity contribution is 9.10. The van der Waals surface area contributed by atoms with E-state index in [-0.39, 0.29) is 51.1 Å². The highest BCUT2D eigenvalue weighted by atomic mass is 79.9. The molecule has 4 rings (SSSR count). The molecule has 0 radical (unpaired) electrons. The lowest BCUT2D eigenvalue weighted by Crippen LogP contribution is -2.24. The number of nitrogens with zero attached hydrogens (tertiary/aromatic N) is 6. The van der Waals surface area contributed by atoms with E-state index in [9.17, 15) is 9.59 Å². The molecule has 4 aromatic rings. The Hall–Kier alpha value is -4.79. The number of nitrogens with two attached hydrogens (primary N) is 2. The minimum atomic E-state index is -0.501. The number of benzene rings is 2. The first-order valence-electron chi connectivity index (χ1n) is 14.7. The standard InChI is InChI=1S/C17H19BrN4O2.C17H20N4O2.H2S.H2/c1-17(2,3)24-14(23)8-11-5-4-6-12(7-11)10-22-15(20)13(9-19)21-16(22)18;1-17(2,3)23-15(22)8-12-5-4-6-13(7-12)10-21-11-20-14(9-18)16(21)19;;/h4-7H,8,10,20H2,1-3H3;4-7,11H,8,10,19H2,1-3H3;1H2;1H/i;;;1+2. The molecule has 256 valence electrons. The monoisotopic (exact) mass is 740 g/mol. The summed E-state index contributed by atoms with van der Waals surface area (Å²) in [5.41, 5.74) is 14.8. The van der Waals surface area contributed by atoms with Crippen LogP contribution >= 0.6 is 29.4 Å². The Morgan fingerprint density at radius 1 is 0.812 bits per heavy atom. The van der Waals surface area contributed by atoms with E-state index in [1.807, 2.05) is 102 Å². The van der Waals surface area contributed by atoms with Crippen LogP contribution in [0.2, 0.25) is 0 Å². The molecule has 0 amide bonds. The van der Waals surface area contributed by atoms with Crippen molar-refractivity contribution in [3.63, 3.8) is 0 Å². The molecule has 0 aliphatic heterocycles. The molecule has 14 heteroatoms. The number of rotatable bonds is 8. The smallest absolute Gasteiger partial charge is 0.310 e. The second-order valence-corrected chi connectivity index (χ2v) is 13.4. The van der Waals surface area contributed by atoms with Gasteiger partial charge in [0, 0.05) is 1.43 Å². The largest absolute Gasteiger partial charge is 0.460 e. The zero-order chi connectivity index (χ0) is 34.9. The summed E-state index contributed by atoms with van der Waals surface area (Å²) in [7, 11) is 0. The lowest BCUT2D eigenvalue weighted by molar-refractivity contribution is -0.155. The number of anilines is 2. The first-order valence-corrected chi connectivity index (χ1v) is 15.5. The van der Waals surface area contributed by atoms with Crippen LogP contribution in [0.5, 0.6) is 0 Å².